The predicted octanol–water partition coefficient (Wildman–Crippen LogP) is 3.58. The van der Waals surface area contributed by atoms with E-state index in [1.807, 2.05) is 42.6 Å². The summed E-state index contributed by atoms with van der Waals surface area (Å²) in [7, 11) is 0. The largest absolute Gasteiger partial charge is 0.486 e. The summed E-state index contributed by atoms with van der Waals surface area (Å²) in [6.07, 6.45) is 1.91. The van der Waals surface area contributed by atoms with Crippen LogP contribution in [0.5, 0.6) is 11.5 Å². The second-order valence-electron chi connectivity index (χ2n) is 8.27. The second kappa shape index (κ2) is 10.1. The van der Waals surface area contributed by atoms with Gasteiger partial charge in [0.2, 0.25) is 12.2 Å². The van der Waals surface area contributed by atoms with Gasteiger partial charge >= 0.3 is 6.03 Å². The number of hydrogen-bond acceptors (Lipinski definition) is 5. The first-order chi connectivity index (χ1) is 16.0. The van der Waals surface area contributed by atoms with Crippen LogP contribution in [-0.4, -0.2) is 60.7 Å². The van der Waals surface area contributed by atoms with Crippen molar-refractivity contribution in [3.05, 3.63) is 48.5 Å². The lowest BCUT2D eigenvalue weighted by atomic mass is 10.00. The van der Waals surface area contributed by atoms with Crippen LogP contribution >= 0.6 is 0 Å². The monoisotopic (exact) mass is 448 g/mol. The number of carbonyl (C=O) groups excluding carboxylic acids is 1. The van der Waals surface area contributed by atoms with Gasteiger partial charge in [0.15, 0.2) is 11.5 Å². The number of amides is 2. The standard InChI is InChI=1S/C24H28N6O3/c1-17(2)20-15-29(24(31)28-19-8-9-21-22(14-19)33-13-12-32-21)10-11-30(20)23(26-16-25)27-18-6-4-3-5-7-18/h3-9,14,17,20H,10-13,15H2,1-2H3,(H,26,27)(H,28,31). The van der Waals surface area contributed by atoms with Crippen LogP contribution in [0.4, 0.5) is 16.2 Å². The molecule has 172 valence electrons. The Labute approximate surface area is 193 Å². The molecule has 33 heavy (non-hydrogen) atoms. The summed E-state index contributed by atoms with van der Waals surface area (Å²) in [5.41, 5.74) is 1.51. The number of hydrogen-bond donors (Lipinski definition) is 2. The molecule has 2 aliphatic heterocycles. The van der Waals surface area contributed by atoms with Gasteiger partial charge in [-0.05, 0) is 30.2 Å². The lowest BCUT2D eigenvalue weighted by Gasteiger charge is -2.44. The average molecular weight is 449 g/mol. The maximum absolute atomic E-state index is 13.0. The fraction of sp³-hybridized carbons (Fsp3) is 0.375. The number of urea groups is 1. The van der Waals surface area contributed by atoms with E-state index >= 15 is 0 Å². The molecule has 1 atom stereocenters. The quantitative estimate of drug-likeness (QED) is 0.423. The Morgan fingerprint density at radius 2 is 1.82 bits per heavy atom. The predicted molar refractivity (Wildman–Crippen MR) is 126 cm³/mol. The SMILES string of the molecule is CC(C)C1CN(C(=O)Nc2ccc3c(c2)OCCO3)CCN1/C(=N/C#N)Nc1ccccc1. The minimum Gasteiger partial charge on any atom is -0.486 e. The lowest BCUT2D eigenvalue weighted by Crippen LogP contribution is -2.60. The van der Waals surface area contributed by atoms with Gasteiger partial charge < -0.3 is 29.9 Å². The van der Waals surface area contributed by atoms with Gasteiger partial charge in [0.25, 0.3) is 0 Å². The normalized spacial score (nSPS) is 18.0. The number of para-hydroxylation sites is 1. The minimum atomic E-state index is -0.174. The van der Waals surface area contributed by atoms with Crippen molar-refractivity contribution in [2.75, 3.05) is 43.5 Å². The Bertz CT molecular complexity index is 1050. The lowest BCUT2D eigenvalue weighted by molar-refractivity contribution is 0.120. The van der Waals surface area contributed by atoms with Crippen LogP contribution < -0.4 is 20.1 Å². The van der Waals surface area contributed by atoms with Gasteiger partial charge in [-0.1, -0.05) is 32.0 Å². The van der Waals surface area contributed by atoms with Crippen molar-refractivity contribution in [1.82, 2.24) is 9.80 Å². The molecule has 1 fully saturated rings. The highest BCUT2D eigenvalue weighted by molar-refractivity contribution is 5.95. The zero-order valence-electron chi connectivity index (χ0n) is 18.8. The van der Waals surface area contributed by atoms with E-state index in [0.717, 1.165) is 5.69 Å². The Morgan fingerprint density at radius 1 is 1.06 bits per heavy atom. The van der Waals surface area contributed by atoms with E-state index in [9.17, 15) is 10.1 Å². The summed E-state index contributed by atoms with van der Waals surface area (Å²) >= 11 is 0. The Kier molecular flexibility index (Phi) is 6.83. The molecule has 4 rings (SSSR count). The molecular formula is C24H28N6O3. The topological polar surface area (TPSA) is 102 Å². The van der Waals surface area contributed by atoms with Crippen molar-refractivity contribution in [1.29, 1.82) is 5.26 Å². The number of benzene rings is 2. The third kappa shape index (κ3) is 5.29. The molecule has 0 saturated carbocycles. The maximum atomic E-state index is 13.0. The second-order valence-corrected chi connectivity index (χ2v) is 8.27. The number of ether oxygens (including phenoxy) is 2. The number of carbonyl (C=O) groups is 1. The molecule has 2 aliphatic rings. The van der Waals surface area contributed by atoms with Gasteiger partial charge in [-0.2, -0.15) is 5.26 Å². The first-order valence-corrected chi connectivity index (χ1v) is 11.1. The molecule has 2 aromatic rings. The van der Waals surface area contributed by atoms with Crippen LogP contribution in [0.1, 0.15) is 13.8 Å². The fourth-order valence-corrected chi connectivity index (χ4v) is 4.01. The number of nitrogens with one attached hydrogen (secondary N) is 2. The van der Waals surface area contributed by atoms with Crippen LogP contribution in [0.2, 0.25) is 0 Å². The summed E-state index contributed by atoms with van der Waals surface area (Å²) in [5, 5.41) is 15.5. The van der Waals surface area contributed by atoms with E-state index in [2.05, 4.69) is 34.4 Å². The zero-order chi connectivity index (χ0) is 23.2. The van der Waals surface area contributed by atoms with Crippen LogP contribution in [-0.2, 0) is 0 Å². The van der Waals surface area contributed by atoms with E-state index < -0.39 is 0 Å². The van der Waals surface area contributed by atoms with Gasteiger partial charge in [0.1, 0.15) is 13.2 Å². The van der Waals surface area contributed by atoms with E-state index in [1.54, 1.807) is 17.0 Å². The van der Waals surface area contributed by atoms with Crippen molar-refractivity contribution in [2.24, 2.45) is 10.9 Å². The van der Waals surface area contributed by atoms with Crippen LogP contribution in [0.15, 0.2) is 53.5 Å². The number of nitrogens with zero attached hydrogens (tertiary/aromatic N) is 4. The summed E-state index contributed by atoms with van der Waals surface area (Å²) in [4.78, 5) is 20.9. The van der Waals surface area contributed by atoms with Gasteiger partial charge in [-0.15, -0.1) is 4.99 Å². The van der Waals surface area contributed by atoms with E-state index in [4.69, 9.17) is 9.47 Å². The number of rotatable bonds is 3. The molecule has 0 bridgehead atoms. The highest BCUT2D eigenvalue weighted by Crippen LogP contribution is 2.32. The van der Waals surface area contributed by atoms with Gasteiger partial charge in [0.05, 0.1) is 6.04 Å². The van der Waals surface area contributed by atoms with E-state index in [-0.39, 0.29) is 18.0 Å². The summed E-state index contributed by atoms with van der Waals surface area (Å²) in [5.74, 6) is 2.04. The molecule has 1 unspecified atom stereocenters. The summed E-state index contributed by atoms with van der Waals surface area (Å²) in [6, 6.07) is 14.8. The van der Waals surface area contributed by atoms with Crippen molar-refractivity contribution in [3.63, 3.8) is 0 Å². The van der Waals surface area contributed by atoms with Crippen molar-refractivity contribution in [2.45, 2.75) is 19.9 Å². The molecule has 2 N–H and O–H groups in total. The van der Waals surface area contributed by atoms with E-state index in [1.165, 1.54) is 0 Å². The summed E-state index contributed by atoms with van der Waals surface area (Å²) in [6.45, 7) is 6.79. The molecule has 9 heteroatoms. The first kappa shape index (κ1) is 22.3. The van der Waals surface area contributed by atoms with Crippen molar-refractivity contribution in [3.8, 4) is 17.7 Å². The van der Waals surface area contributed by atoms with Gasteiger partial charge in [-0.25, -0.2) is 4.79 Å². The Morgan fingerprint density at radius 3 is 2.55 bits per heavy atom. The van der Waals surface area contributed by atoms with Gasteiger partial charge in [-0.3, -0.25) is 0 Å². The molecule has 0 aliphatic carbocycles. The molecule has 2 aromatic carbocycles. The van der Waals surface area contributed by atoms with Crippen molar-refractivity contribution >= 4 is 23.4 Å². The number of guanidine groups is 1. The third-order valence-corrected chi connectivity index (χ3v) is 5.73. The highest BCUT2D eigenvalue weighted by Gasteiger charge is 2.33. The van der Waals surface area contributed by atoms with Crippen LogP contribution in [0.3, 0.4) is 0 Å². The Balaban J connectivity index is 1.45. The highest BCUT2D eigenvalue weighted by atomic mass is 16.6. The van der Waals surface area contributed by atoms with Crippen LogP contribution in [0.25, 0.3) is 0 Å². The molecule has 0 aromatic heterocycles. The summed E-state index contributed by atoms with van der Waals surface area (Å²) < 4.78 is 11.2. The average Bonchev–Trinajstić information content (AvgIpc) is 2.84. The first-order valence-electron chi connectivity index (χ1n) is 11.1. The molecule has 0 radical (unpaired) electrons. The number of aliphatic imine (C=N–C) groups is 1. The van der Waals surface area contributed by atoms with Crippen molar-refractivity contribution < 1.29 is 14.3 Å². The fourth-order valence-electron chi connectivity index (χ4n) is 4.01. The number of nitriles is 1. The molecule has 2 amide bonds. The molecule has 2 heterocycles. The molecular weight excluding hydrogens is 420 g/mol. The number of fused-ring (bicyclic) bond motifs is 1. The number of piperazine rings is 1. The molecule has 0 spiro atoms. The number of anilines is 2. The molecule has 1 saturated heterocycles. The minimum absolute atomic E-state index is 0.00641. The van der Waals surface area contributed by atoms with Gasteiger partial charge in [0, 0.05) is 37.1 Å². The maximum Gasteiger partial charge on any atom is 0.321 e. The molecule has 9 nitrogen and oxygen atoms in total. The van der Waals surface area contributed by atoms with Crippen LogP contribution in [0, 0.1) is 17.4 Å². The Hall–Kier alpha value is -3.93. The zero-order valence-corrected chi connectivity index (χ0v) is 18.8. The van der Waals surface area contributed by atoms with E-state index in [0.29, 0.717) is 56.0 Å². The smallest absolute Gasteiger partial charge is 0.321 e. The third-order valence-electron chi connectivity index (χ3n) is 5.73.